The fourth-order valence-electron chi connectivity index (χ4n) is 0.774. The van der Waals surface area contributed by atoms with E-state index in [1.165, 1.54) is 0 Å². The summed E-state index contributed by atoms with van der Waals surface area (Å²) in [6, 6.07) is 7.11. The molecule has 0 N–H and O–H groups in total. The Labute approximate surface area is 89.0 Å². The highest BCUT2D eigenvalue weighted by molar-refractivity contribution is 9.10. The largest absolute Gasteiger partial charge is 0.192 e. The van der Waals surface area contributed by atoms with Gasteiger partial charge in [-0.1, -0.05) is 22.0 Å². The van der Waals surface area contributed by atoms with Crippen LogP contribution in [-0.2, 0) is 0 Å². The van der Waals surface area contributed by atoms with Crippen LogP contribution in [0, 0.1) is 11.3 Å². The molecule has 0 heterocycles. The topological polar surface area (TPSA) is 23.8 Å². The van der Waals surface area contributed by atoms with Crippen molar-refractivity contribution in [2.45, 2.75) is 4.84 Å². The van der Waals surface area contributed by atoms with Crippen molar-refractivity contribution >= 4 is 39.1 Å². The van der Waals surface area contributed by atoms with Crippen LogP contribution in [0.3, 0.4) is 0 Å². The molecular formula is C8H4BrCl2N. The third-order valence-corrected chi connectivity index (χ3v) is 2.52. The SMILES string of the molecule is N#Cc1ccc(C(Cl)Cl)c(Br)c1. The molecule has 0 radical (unpaired) electrons. The first-order valence-electron chi connectivity index (χ1n) is 3.13. The third kappa shape index (κ3) is 2.13. The van der Waals surface area contributed by atoms with Crippen molar-refractivity contribution in [3.8, 4) is 6.07 Å². The Morgan fingerprint density at radius 2 is 2.08 bits per heavy atom. The van der Waals surface area contributed by atoms with E-state index in [1.807, 2.05) is 6.07 Å². The molecule has 0 aromatic heterocycles. The van der Waals surface area contributed by atoms with Gasteiger partial charge in [0.05, 0.1) is 11.6 Å². The van der Waals surface area contributed by atoms with Crippen molar-refractivity contribution in [1.29, 1.82) is 5.26 Å². The number of rotatable bonds is 1. The second-order valence-electron chi connectivity index (χ2n) is 2.15. The maximum atomic E-state index is 8.55. The lowest BCUT2D eigenvalue weighted by molar-refractivity contribution is 1.31. The highest BCUT2D eigenvalue weighted by Crippen LogP contribution is 2.31. The Morgan fingerprint density at radius 1 is 1.42 bits per heavy atom. The summed E-state index contributed by atoms with van der Waals surface area (Å²) in [5.41, 5.74) is 1.36. The summed E-state index contributed by atoms with van der Waals surface area (Å²) < 4.78 is 0.761. The van der Waals surface area contributed by atoms with E-state index in [4.69, 9.17) is 28.5 Å². The van der Waals surface area contributed by atoms with Gasteiger partial charge in [-0.2, -0.15) is 5.26 Å². The van der Waals surface area contributed by atoms with Gasteiger partial charge in [0, 0.05) is 4.47 Å². The molecule has 1 rings (SSSR count). The molecule has 0 unspecified atom stereocenters. The van der Waals surface area contributed by atoms with E-state index in [0.717, 1.165) is 10.0 Å². The number of nitriles is 1. The van der Waals surface area contributed by atoms with Gasteiger partial charge in [0.25, 0.3) is 0 Å². The van der Waals surface area contributed by atoms with Crippen molar-refractivity contribution < 1.29 is 0 Å². The number of halogens is 3. The fraction of sp³-hybridized carbons (Fsp3) is 0.125. The molecule has 12 heavy (non-hydrogen) atoms. The molecular weight excluding hydrogens is 261 g/mol. The summed E-state index contributed by atoms with van der Waals surface area (Å²) in [6.45, 7) is 0. The predicted molar refractivity (Wildman–Crippen MR) is 53.3 cm³/mol. The molecule has 0 atom stereocenters. The minimum absolute atomic E-state index is 0.563. The van der Waals surface area contributed by atoms with Crippen LogP contribution in [0.4, 0.5) is 0 Å². The Balaban J connectivity index is 3.14. The van der Waals surface area contributed by atoms with Crippen molar-refractivity contribution in [3.63, 3.8) is 0 Å². The summed E-state index contributed by atoms with van der Waals surface area (Å²) >= 11 is 14.6. The Kier molecular flexibility index (Phi) is 3.39. The number of hydrogen-bond donors (Lipinski definition) is 0. The van der Waals surface area contributed by atoms with Gasteiger partial charge in [0.1, 0.15) is 4.84 Å². The molecule has 62 valence electrons. The molecule has 0 amide bonds. The zero-order chi connectivity index (χ0) is 9.14. The molecule has 0 aliphatic rings. The maximum absolute atomic E-state index is 8.55. The zero-order valence-corrected chi connectivity index (χ0v) is 8.99. The lowest BCUT2D eigenvalue weighted by Crippen LogP contribution is -1.84. The molecule has 0 fully saturated rings. The predicted octanol–water partition coefficient (Wildman–Crippen LogP) is 3.80. The molecule has 1 nitrogen and oxygen atoms in total. The number of benzene rings is 1. The Morgan fingerprint density at radius 3 is 2.50 bits per heavy atom. The number of alkyl halides is 2. The standard InChI is InChI=1S/C8H4BrCl2N/c9-7-3-5(4-12)1-2-6(7)8(10)11/h1-3,8H. The van der Waals surface area contributed by atoms with Crippen LogP contribution in [0.2, 0.25) is 0 Å². The Bertz CT molecular complexity index is 330. The van der Waals surface area contributed by atoms with Crippen LogP contribution < -0.4 is 0 Å². The summed E-state index contributed by atoms with van der Waals surface area (Å²) in [4.78, 5) is -0.563. The van der Waals surface area contributed by atoms with E-state index < -0.39 is 4.84 Å². The van der Waals surface area contributed by atoms with Crippen LogP contribution in [0.25, 0.3) is 0 Å². The van der Waals surface area contributed by atoms with Gasteiger partial charge in [0.15, 0.2) is 0 Å². The smallest absolute Gasteiger partial charge is 0.133 e. The minimum atomic E-state index is -0.563. The van der Waals surface area contributed by atoms with Crippen LogP contribution in [0.1, 0.15) is 16.0 Å². The average Bonchev–Trinajstić information content (AvgIpc) is 2.03. The summed E-state index contributed by atoms with van der Waals surface area (Å²) in [7, 11) is 0. The van der Waals surface area contributed by atoms with Crippen molar-refractivity contribution in [3.05, 3.63) is 33.8 Å². The first-order valence-corrected chi connectivity index (χ1v) is 4.79. The van der Waals surface area contributed by atoms with E-state index in [1.54, 1.807) is 18.2 Å². The molecule has 0 saturated carbocycles. The van der Waals surface area contributed by atoms with Gasteiger partial charge in [-0.05, 0) is 17.7 Å². The maximum Gasteiger partial charge on any atom is 0.133 e. The van der Waals surface area contributed by atoms with Crippen LogP contribution in [-0.4, -0.2) is 0 Å². The van der Waals surface area contributed by atoms with Crippen LogP contribution in [0.15, 0.2) is 22.7 Å². The molecule has 0 aliphatic heterocycles. The van der Waals surface area contributed by atoms with Crippen LogP contribution >= 0.6 is 39.1 Å². The average molecular weight is 265 g/mol. The second kappa shape index (κ2) is 4.13. The Hall–Kier alpha value is -0.230. The molecule has 0 aliphatic carbocycles. The monoisotopic (exact) mass is 263 g/mol. The van der Waals surface area contributed by atoms with Gasteiger partial charge in [-0.25, -0.2) is 0 Å². The normalized spacial score (nSPS) is 9.92. The molecule has 0 saturated heterocycles. The van der Waals surface area contributed by atoms with Gasteiger partial charge in [0.2, 0.25) is 0 Å². The van der Waals surface area contributed by atoms with Gasteiger partial charge in [-0.15, -0.1) is 23.2 Å². The third-order valence-electron chi connectivity index (χ3n) is 1.36. The molecule has 4 heteroatoms. The van der Waals surface area contributed by atoms with Gasteiger partial charge < -0.3 is 0 Å². The van der Waals surface area contributed by atoms with E-state index in [9.17, 15) is 0 Å². The lowest BCUT2D eigenvalue weighted by atomic mass is 10.2. The summed E-state index contributed by atoms with van der Waals surface area (Å²) in [5.74, 6) is 0. The molecule has 0 spiro atoms. The van der Waals surface area contributed by atoms with E-state index in [2.05, 4.69) is 15.9 Å². The minimum Gasteiger partial charge on any atom is -0.192 e. The number of nitrogens with zero attached hydrogens (tertiary/aromatic N) is 1. The van der Waals surface area contributed by atoms with Crippen LogP contribution in [0.5, 0.6) is 0 Å². The first kappa shape index (κ1) is 9.85. The van der Waals surface area contributed by atoms with Gasteiger partial charge >= 0.3 is 0 Å². The zero-order valence-electron chi connectivity index (χ0n) is 5.89. The highest BCUT2D eigenvalue weighted by Gasteiger charge is 2.07. The van der Waals surface area contributed by atoms with Crippen molar-refractivity contribution in [2.24, 2.45) is 0 Å². The van der Waals surface area contributed by atoms with E-state index >= 15 is 0 Å². The lowest BCUT2D eigenvalue weighted by Gasteiger charge is -2.03. The fourth-order valence-corrected chi connectivity index (χ4v) is 2.03. The van der Waals surface area contributed by atoms with Gasteiger partial charge in [-0.3, -0.25) is 0 Å². The molecule has 1 aromatic carbocycles. The highest BCUT2D eigenvalue weighted by atomic mass is 79.9. The molecule has 0 bridgehead atoms. The molecule has 1 aromatic rings. The summed E-state index contributed by atoms with van der Waals surface area (Å²) in [6.07, 6.45) is 0. The van der Waals surface area contributed by atoms with Crippen molar-refractivity contribution in [2.75, 3.05) is 0 Å². The van der Waals surface area contributed by atoms with E-state index in [0.29, 0.717) is 5.56 Å². The summed E-state index contributed by atoms with van der Waals surface area (Å²) in [5, 5.41) is 8.55. The quantitative estimate of drug-likeness (QED) is 0.708. The number of hydrogen-bond acceptors (Lipinski definition) is 1. The second-order valence-corrected chi connectivity index (χ2v) is 4.10. The first-order chi connectivity index (χ1) is 5.65. The van der Waals surface area contributed by atoms with E-state index in [-0.39, 0.29) is 0 Å². The van der Waals surface area contributed by atoms with Crippen molar-refractivity contribution in [1.82, 2.24) is 0 Å².